The highest BCUT2D eigenvalue weighted by Crippen LogP contribution is 2.17. The molecule has 2 aliphatic rings. The molecule has 0 unspecified atom stereocenters. The predicted octanol–water partition coefficient (Wildman–Crippen LogP) is 2.83. The van der Waals surface area contributed by atoms with Crippen molar-refractivity contribution in [3.63, 3.8) is 0 Å². The molecule has 6 heteroatoms. The van der Waals surface area contributed by atoms with Gasteiger partial charge in [0.05, 0.1) is 0 Å². The first-order chi connectivity index (χ1) is 12.7. The topological polar surface area (TPSA) is 82.3 Å². The molecule has 0 radical (unpaired) electrons. The maximum absolute atomic E-state index is 11.8. The first-order valence-corrected chi connectivity index (χ1v) is 10.8. The van der Waals surface area contributed by atoms with E-state index in [4.69, 9.17) is 0 Å². The number of carbonyl (C=O) groups is 2. The first-order valence-electron chi connectivity index (χ1n) is 10.8. The van der Waals surface area contributed by atoms with Crippen molar-refractivity contribution in [1.82, 2.24) is 21.3 Å². The van der Waals surface area contributed by atoms with Gasteiger partial charge in [0.2, 0.25) is 5.91 Å². The summed E-state index contributed by atoms with van der Waals surface area (Å²) in [5.74, 6) is 0.0714. The van der Waals surface area contributed by atoms with Crippen molar-refractivity contribution >= 4 is 11.9 Å². The van der Waals surface area contributed by atoms with Gasteiger partial charge in [-0.3, -0.25) is 4.79 Å². The van der Waals surface area contributed by atoms with Crippen molar-refractivity contribution < 1.29 is 9.59 Å². The third kappa shape index (κ3) is 9.41. The van der Waals surface area contributed by atoms with E-state index in [-0.39, 0.29) is 11.9 Å². The minimum Gasteiger partial charge on any atom is -0.355 e. The van der Waals surface area contributed by atoms with Gasteiger partial charge in [-0.15, -0.1) is 0 Å². The molecule has 0 aliphatic heterocycles. The Balaban J connectivity index is 1.41. The van der Waals surface area contributed by atoms with E-state index in [2.05, 4.69) is 21.3 Å². The molecule has 150 valence electrons. The molecular weight excluding hydrogens is 328 g/mol. The Kier molecular flexibility index (Phi) is 10.5. The van der Waals surface area contributed by atoms with Gasteiger partial charge in [-0.05, 0) is 32.1 Å². The zero-order chi connectivity index (χ0) is 18.5. The molecule has 3 amide bonds. The molecule has 0 saturated heterocycles. The summed E-state index contributed by atoms with van der Waals surface area (Å²) in [7, 11) is 0. The van der Waals surface area contributed by atoms with E-state index in [1.54, 1.807) is 0 Å². The van der Waals surface area contributed by atoms with Gasteiger partial charge in [-0.25, -0.2) is 4.79 Å². The van der Waals surface area contributed by atoms with E-state index in [0.717, 1.165) is 19.4 Å². The lowest BCUT2D eigenvalue weighted by atomic mass is 9.96. The Morgan fingerprint density at radius 2 is 1.31 bits per heavy atom. The normalized spacial score (nSPS) is 19.5. The highest BCUT2D eigenvalue weighted by atomic mass is 16.2. The lowest BCUT2D eigenvalue weighted by Gasteiger charge is -2.22. The zero-order valence-electron chi connectivity index (χ0n) is 16.3. The van der Waals surface area contributed by atoms with Gasteiger partial charge in [-0.1, -0.05) is 44.9 Å². The van der Waals surface area contributed by atoms with Crippen molar-refractivity contribution in [2.75, 3.05) is 19.6 Å². The second-order valence-corrected chi connectivity index (χ2v) is 7.83. The SMILES string of the molecule is O=C(CCCNC(=O)NC1CCCCC1)NCCNC1CCCCCC1. The Labute approximate surface area is 158 Å². The van der Waals surface area contributed by atoms with Crippen molar-refractivity contribution in [1.29, 1.82) is 0 Å². The van der Waals surface area contributed by atoms with Crippen LogP contribution in [0.25, 0.3) is 0 Å². The Morgan fingerprint density at radius 1 is 0.692 bits per heavy atom. The fourth-order valence-electron chi connectivity index (χ4n) is 3.98. The van der Waals surface area contributed by atoms with Gasteiger partial charge >= 0.3 is 6.03 Å². The number of carbonyl (C=O) groups excluding carboxylic acids is 2. The molecule has 0 atom stereocenters. The summed E-state index contributed by atoms with van der Waals surface area (Å²) < 4.78 is 0. The van der Waals surface area contributed by atoms with E-state index >= 15 is 0 Å². The van der Waals surface area contributed by atoms with Crippen LogP contribution >= 0.6 is 0 Å². The monoisotopic (exact) mass is 366 g/mol. The molecule has 4 N–H and O–H groups in total. The quantitative estimate of drug-likeness (QED) is 0.374. The average Bonchev–Trinajstić information content (AvgIpc) is 2.92. The molecule has 0 bridgehead atoms. The average molecular weight is 367 g/mol. The van der Waals surface area contributed by atoms with Crippen LogP contribution < -0.4 is 21.3 Å². The highest BCUT2D eigenvalue weighted by Gasteiger charge is 2.15. The Morgan fingerprint density at radius 3 is 2.00 bits per heavy atom. The van der Waals surface area contributed by atoms with Crippen molar-refractivity contribution in [3.8, 4) is 0 Å². The number of urea groups is 1. The molecule has 0 aromatic carbocycles. The lowest BCUT2D eigenvalue weighted by molar-refractivity contribution is -0.121. The predicted molar refractivity (Wildman–Crippen MR) is 105 cm³/mol. The van der Waals surface area contributed by atoms with Crippen LogP contribution in [-0.4, -0.2) is 43.7 Å². The second-order valence-electron chi connectivity index (χ2n) is 7.83. The van der Waals surface area contributed by atoms with Gasteiger partial charge in [0.15, 0.2) is 0 Å². The minimum atomic E-state index is -0.0927. The molecule has 0 spiro atoms. The molecule has 2 fully saturated rings. The van der Waals surface area contributed by atoms with Crippen LogP contribution in [0, 0.1) is 0 Å². The van der Waals surface area contributed by atoms with Crippen LogP contribution in [0.1, 0.15) is 83.5 Å². The molecule has 0 heterocycles. The molecule has 0 aromatic heterocycles. The zero-order valence-corrected chi connectivity index (χ0v) is 16.3. The fourth-order valence-corrected chi connectivity index (χ4v) is 3.98. The van der Waals surface area contributed by atoms with Crippen LogP contribution in [0.15, 0.2) is 0 Å². The smallest absolute Gasteiger partial charge is 0.315 e. The number of rotatable bonds is 9. The van der Waals surface area contributed by atoms with Crippen LogP contribution in [0.3, 0.4) is 0 Å². The number of amides is 3. The van der Waals surface area contributed by atoms with Gasteiger partial charge in [0.1, 0.15) is 0 Å². The number of hydrogen-bond donors (Lipinski definition) is 4. The molecule has 2 aliphatic carbocycles. The first kappa shape index (κ1) is 21.0. The van der Waals surface area contributed by atoms with Crippen LogP contribution in [-0.2, 0) is 4.79 Å². The van der Waals surface area contributed by atoms with Crippen LogP contribution in [0.5, 0.6) is 0 Å². The number of nitrogens with one attached hydrogen (secondary N) is 4. The summed E-state index contributed by atoms with van der Waals surface area (Å²) in [5.41, 5.74) is 0. The van der Waals surface area contributed by atoms with Crippen molar-refractivity contribution in [3.05, 3.63) is 0 Å². The largest absolute Gasteiger partial charge is 0.355 e. The summed E-state index contributed by atoms with van der Waals surface area (Å²) in [6.07, 6.45) is 14.9. The van der Waals surface area contributed by atoms with Gasteiger partial charge in [0, 0.05) is 38.1 Å². The number of hydrogen-bond acceptors (Lipinski definition) is 3. The van der Waals surface area contributed by atoms with Crippen LogP contribution in [0.2, 0.25) is 0 Å². The van der Waals surface area contributed by atoms with E-state index in [9.17, 15) is 9.59 Å². The second kappa shape index (κ2) is 13.0. The van der Waals surface area contributed by atoms with Crippen LogP contribution in [0.4, 0.5) is 4.79 Å². The molecule has 0 aromatic rings. The third-order valence-corrected chi connectivity index (χ3v) is 5.54. The van der Waals surface area contributed by atoms with Gasteiger partial charge < -0.3 is 21.3 Å². The Bertz CT molecular complexity index is 403. The maximum atomic E-state index is 11.8. The van der Waals surface area contributed by atoms with E-state index in [1.807, 2.05) is 0 Å². The molecule has 26 heavy (non-hydrogen) atoms. The highest BCUT2D eigenvalue weighted by molar-refractivity contribution is 5.76. The van der Waals surface area contributed by atoms with E-state index in [1.165, 1.54) is 57.8 Å². The lowest BCUT2D eigenvalue weighted by Crippen LogP contribution is -2.43. The minimum absolute atomic E-state index is 0.0714. The van der Waals surface area contributed by atoms with Gasteiger partial charge in [-0.2, -0.15) is 0 Å². The summed E-state index contributed by atoms with van der Waals surface area (Å²) in [5, 5.41) is 12.4. The van der Waals surface area contributed by atoms with Gasteiger partial charge in [0.25, 0.3) is 0 Å². The molecule has 2 saturated carbocycles. The summed E-state index contributed by atoms with van der Waals surface area (Å²) in [6, 6.07) is 0.860. The van der Waals surface area contributed by atoms with E-state index < -0.39 is 0 Å². The summed E-state index contributed by atoms with van der Waals surface area (Å²) in [4.78, 5) is 23.7. The third-order valence-electron chi connectivity index (χ3n) is 5.54. The summed E-state index contributed by atoms with van der Waals surface area (Å²) >= 11 is 0. The molecule has 2 rings (SSSR count). The van der Waals surface area contributed by atoms with Crippen molar-refractivity contribution in [2.45, 2.75) is 95.6 Å². The maximum Gasteiger partial charge on any atom is 0.315 e. The molecular formula is C20H38N4O2. The van der Waals surface area contributed by atoms with E-state index in [0.29, 0.717) is 38.0 Å². The van der Waals surface area contributed by atoms with Crippen molar-refractivity contribution in [2.24, 2.45) is 0 Å². The Hall–Kier alpha value is -1.30. The standard InChI is InChI=1S/C20H38N4O2/c25-19(22-16-15-21-17-9-4-1-2-5-10-17)13-8-14-23-20(26)24-18-11-6-3-7-12-18/h17-18,21H,1-16H2,(H,22,25)(H2,23,24,26). The molecule has 6 nitrogen and oxygen atoms in total. The fraction of sp³-hybridized carbons (Fsp3) is 0.900. The summed E-state index contributed by atoms with van der Waals surface area (Å²) in [6.45, 7) is 2.08.